The van der Waals surface area contributed by atoms with Crippen LogP contribution in [0.2, 0.25) is 0 Å². The molecule has 0 aliphatic carbocycles. The minimum Gasteiger partial charge on any atom is -0.309 e. The van der Waals surface area contributed by atoms with Crippen LogP contribution in [0.1, 0.15) is 101 Å². The van der Waals surface area contributed by atoms with Crippen LogP contribution in [0.5, 0.6) is 0 Å². The molecule has 244 valence electrons. The Kier molecular flexibility index (Phi) is 19.5. The molecular weight excluding hydrogens is 584 g/mol. The van der Waals surface area contributed by atoms with Crippen molar-refractivity contribution in [3.8, 4) is 0 Å². The molecule has 0 aliphatic rings. The molecule has 0 spiro atoms. The van der Waals surface area contributed by atoms with E-state index in [1.165, 1.54) is 0 Å². The highest BCUT2D eigenvalue weighted by Crippen LogP contribution is 2.45. The van der Waals surface area contributed by atoms with Crippen LogP contribution in [0.4, 0.5) is 0 Å². The number of hydrogen-bond acceptors (Lipinski definition) is 7. The number of benzene rings is 2. The third-order valence-corrected chi connectivity index (χ3v) is 9.88. The maximum atomic E-state index is 13.1. The fraction of sp³-hybridized carbons (Fsp3) is 0.625. The molecule has 11 heteroatoms. The Bertz CT molecular complexity index is 972. The number of hydrogen-bond donors (Lipinski definition) is 3. The molecular formula is C32H55N3O6P2. The van der Waals surface area contributed by atoms with E-state index in [-0.39, 0.29) is 0 Å². The number of rotatable bonds is 26. The van der Waals surface area contributed by atoms with Gasteiger partial charge in [-0.2, -0.15) is 0 Å². The Morgan fingerprint density at radius 1 is 0.465 bits per heavy atom. The zero-order valence-electron chi connectivity index (χ0n) is 26.8. The molecule has 3 N–H and O–H groups in total. The molecule has 0 heterocycles. The average molecular weight is 640 g/mol. The maximum absolute atomic E-state index is 13.1. The highest BCUT2D eigenvalue weighted by Gasteiger charge is 2.25. The zero-order valence-corrected chi connectivity index (χ0v) is 28.6. The normalized spacial score (nSPS) is 12.2. The summed E-state index contributed by atoms with van der Waals surface area (Å²) >= 11 is 0. The van der Waals surface area contributed by atoms with Gasteiger partial charge < -0.3 is 5.32 Å². The lowest BCUT2D eigenvalue weighted by atomic mass is 10.1. The minimum absolute atomic E-state index is 0.412. The summed E-state index contributed by atoms with van der Waals surface area (Å²) in [5.41, 5.74) is 4.35. The SMILES string of the molecule is CCCCOP(=O)(NCc1ccc(CNCc2ccc(CNP(=O)(OCCCC)OCCCC)cc2)cc1)OCCCC. The number of unbranched alkanes of at least 4 members (excludes halogenated alkanes) is 4. The summed E-state index contributed by atoms with van der Waals surface area (Å²) in [5.74, 6) is 0. The molecule has 2 rings (SSSR count). The van der Waals surface area contributed by atoms with Crippen LogP contribution in [0.25, 0.3) is 0 Å². The van der Waals surface area contributed by atoms with E-state index >= 15 is 0 Å². The van der Waals surface area contributed by atoms with Crippen LogP contribution in [0.15, 0.2) is 48.5 Å². The van der Waals surface area contributed by atoms with E-state index in [9.17, 15) is 9.13 Å². The van der Waals surface area contributed by atoms with Gasteiger partial charge in [0.1, 0.15) is 0 Å². The Morgan fingerprint density at radius 3 is 0.977 bits per heavy atom. The Balaban J connectivity index is 1.79. The average Bonchev–Trinajstić information content (AvgIpc) is 3.01. The molecule has 0 aromatic heterocycles. The first-order valence-corrected chi connectivity index (χ1v) is 19.1. The van der Waals surface area contributed by atoms with Gasteiger partial charge in [-0.1, -0.05) is 102 Å². The van der Waals surface area contributed by atoms with Crippen molar-refractivity contribution in [2.45, 2.75) is 105 Å². The molecule has 0 aliphatic heterocycles. The van der Waals surface area contributed by atoms with E-state index in [0.29, 0.717) is 39.5 Å². The molecule has 0 radical (unpaired) electrons. The molecule has 0 saturated carbocycles. The summed E-state index contributed by atoms with van der Waals surface area (Å²) in [5, 5.41) is 9.52. The largest absolute Gasteiger partial charge is 0.405 e. The molecule has 2 aromatic carbocycles. The third kappa shape index (κ3) is 16.5. The van der Waals surface area contributed by atoms with Crippen molar-refractivity contribution in [3.05, 3.63) is 70.8 Å². The van der Waals surface area contributed by atoms with Crippen LogP contribution >= 0.6 is 15.5 Å². The lowest BCUT2D eigenvalue weighted by Gasteiger charge is -2.19. The lowest BCUT2D eigenvalue weighted by Crippen LogP contribution is -2.16. The third-order valence-electron chi connectivity index (χ3n) is 6.69. The molecule has 0 bridgehead atoms. The second kappa shape index (κ2) is 22.2. The summed E-state index contributed by atoms with van der Waals surface area (Å²) < 4.78 is 48.6. The first kappa shape index (κ1) is 37.8. The zero-order chi connectivity index (χ0) is 31.2. The van der Waals surface area contributed by atoms with E-state index in [1.807, 2.05) is 24.3 Å². The van der Waals surface area contributed by atoms with Crippen molar-refractivity contribution in [1.82, 2.24) is 15.5 Å². The van der Waals surface area contributed by atoms with Crippen molar-refractivity contribution >= 4 is 15.5 Å². The van der Waals surface area contributed by atoms with Crippen LogP contribution < -0.4 is 15.5 Å². The first-order chi connectivity index (χ1) is 20.8. The molecule has 43 heavy (non-hydrogen) atoms. The predicted octanol–water partition coefficient (Wildman–Crippen LogP) is 8.64. The standard InChI is InChI=1S/C32H55N3O6P2/c1-5-9-21-38-42(36,39-22-10-6-2)34-27-31-17-13-29(14-18-31)25-33-26-30-15-19-32(20-16-30)28-35-43(37,40-23-11-7-3)41-24-12-8-4/h13-20,33H,5-12,21-28H2,1-4H3,(H,34,36)(H,35,37). The van der Waals surface area contributed by atoms with Crippen molar-refractivity contribution in [2.75, 3.05) is 26.4 Å². The minimum atomic E-state index is -3.33. The van der Waals surface area contributed by atoms with Gasteiger partial charge in [0.05, 0.1) is 26.4 Å². The molecule has 0 atom stereocenters. The van der Waals surface area contributed by atoms with Gasteiger partial charge in [-0.05, 0) is 47.9 Å². The fourth-order valence-electron chi connectivity index (χ4n) is 3.85. The quantitative estimate of drug-likeness (QED) is 0.0689. The summed E-state index contributed by atoms with van der Waals surface area (Å²) in [4.78, 5) is 0. The Labute approximate surface area is 260 Å². The molecule has 0 amide bonds. The van der Waals surface area contributed by atoms with E-state index < -0.39 is 15.5 Å². The highest BCUT2D eigenvalue weighted by atomic mass is 31.2. The molecule has 0 saturated heterocycles. The predicted molar refractivity (Wildman–Crippen MR) is 176 cm³/mol. The van der Waals surface area contributed by atoms with Crippen molar-refractivity contribution in [3.63, 3.8) is 0 Å². The van der Waals surface area contributed by atoms with Gasteiger partial charge in [0.2, 0.25) is 0 Å². The van der Waals surface area contributed by atoms with Gasteiger partial charge >= 0.3 is 15.5 Å². The second-order valence-corrected chi connectivity index (χ2v) is 14.3. The van der Waals surface area contributed by atoms with Crippen LogP contribution in [0.3, 0.4) is 0 Å². The van der Waals surface area contributed by atoms with Gasteiger partial charge in [0, 0.05) is 26.2 Å². The van der Waals surface area contributed by atoms with Crippen LogP contribution in [-0.2, 0) is 53.4 Å². The summed E-state index contributed by atoms with van der Waals surface area (Å²) in [6.45, 7) is 12.2. The number of nitrogens with one attached hydrogen (secondary N) is 3. The smallest absolute Gasteiger partial charge is 0.309 e. The van der Waals surface area contributed by atoms with Gasteiger partial charge in [-0.25, -0.2) is 19.3 Å². The lowest BCUT2D eigenvalue weighted by molar-refractivity contribution is 0.190. The topological polar surface area (TPSA) is 107 Å². The van der Waals surface area contributed by atoms with Gasteiger partial charge in [0.25, 0.3) is 0 Å². The monoisotopic (exact) mass is 639 g/mol. The van der Waals surface area contributed by atoms with Crippen molar-refractivity contribution in [2.24, 2.45) is 0 Å². The van der Waals surface area contributed by atoms with E-state index in [0.717, 1.165) is 86.7 Å². The van der Waals surface area contributed by atoms with E-state index in [4.69, 9.17) is 18.1 Å². The van der Waals surface area contributed by atoms with Crippen molar-refractivity contribution < 1.29 is 27.2 Å². The maximum Gasteiger partial charge on any atom is 0.405 e. The summed E-state index contributed by atoms with van der Waals surface area (Å²) in [7, 11) is -6.66. The molecule has 0 unspecified atom stereocenters. The van der Waals surface area contributed by atoms with Crippen molar-refractivity contribution in [1.29, 1.82) is 0 Å². The molecule has 9 nitrogen and oxygen atoms in total. The molecule has 2 aromatic rings. The highest BCUT2D eigenvalue weighted by molar-refractivity contribution is 7.51. The van der Waals surface area contributed by atoms with E-state index in [2.05, 4.69) is 67.5 Å². The fourth-order valence-corrected chi connectivity index (χ4v) is 6.60. The summed E-state index contributed by atoms with van der Waals surface area (Å²) in [6.07, 6.45) is 7.28. The van der Waals surface area contributed by atoms with Gasteiger partial charge in [0.15, 0.2) is 0 Å². The van der Waals surface area contributed by atoms with Gasteiger partial charge in [-0.15, -0.1) is 0 Å². The van der Waals surface area contributed by atoms with Gasteiger partial charge in [-0.3, -0.25) is 18.1 Å². The summed E-state index contributed by atoms with van der Waals surface area (Å²) in [6, 6.07) is 16.4. The Hall–Kier alpha value is -1.38. The Morgan fingerprint density at radius 2 is 0.721 bits per heavy atom. The van der Waals surface area contributed by atoms with E-state index in [1.54, 1.807) is 0 Å². The molecule has 0 fully saturated rings. The first-order valence-electron chi connectivity index (χ1n) is 16.0. The second-order valence-electron chi connectivity index (χ2n) is 10.6. The van der Waals surface area contributed by atoms with Crippen LogP contribution in [0, 0.1) is 0 Å². The van der Waals surface area contributed by atoms with Crippen LogP contribution in [-0.4, -0.2) is 26.4 Å².